The van der Waals surface area contributed by atoms with Crippen LogP contribution in [0.2, 0.25) is 0 Å². The molecule has 0 unspecified atom stereocenters. The summed E-state index contributed by atoms with van der Waals surface area (Å²) >= 11 is 0. The summed E-state index contributed by atoms with van der Waals surface area (Å²) in [6, 6.07) is 3.75. The molecule has 0 aliphatic carbocycles. The van der Waals surface area contributed by atoms with Gasteiger partial charge in [-0.1, -0.05) is 52.0 Å². The first-order valence-electron chi connectivity index (χ1n) is 9.01. The van der Waals surface area contributed by atoms with Gasteiger partial charge in [-0.3, -0.25) is 0 Å². The zero-order valence-electron chi connectivity index (χ0n) is 15.0. The molecule has 0 aliphatic rings. The van der Waals surface area contributed by atoms with Gasteiger partial charge < -0.3 is 9.84 Å². The van der Waals surface area contributed by atoms with E-state index in [1.165, 1.54) is 43.2 Å². The molecule has 0 bridgehead atoms. The third kappa shape index (κ3) is 6.34. The number of carboxylic acids is 1. The van der Waals surface area contributed by atoms with Crippen LogP contribution in [0.3, 0.4) is 0 Å². The van der Waals surface area contributed by atoms with Crippen LogP contribution in [0.15, 0.2) is 12.1 Å². The molecule has 1 aromatic rings. The lowest BCUT2D eigenvalue weighted by molar-refractivity contribution is 0.0695. The maximum absolute atomic E-state index is 11.5. The topological polar surface area (TPSA) is 46.5 Å². The van der Waals surface area contributed by atoms with Crippen molar-refractivity contribution in [3.63, 3.8) is 0 Å². The third-order valence-electron chi connectivity index (χ3n) is 4.48. The van der Waals surface area contributed by atoms with E-state index in [1.54, 1.807) is 13.2 Å². The number of hydrogen-bond acceptors (Lipinski definition) is 2. The molecule has 0 saturated carbocycles. The number of rotatable bonds is 12. The molecule has 1 N–H and O–H groups in total. The summed E-state index contributed by atoms with van der Waals surface area (Å²) in [7, 11) is 1.66. The molecule has 0 aliphatic heterocycles. The van der Waals surface area contributed by atoms with E-state index in [9.17, 15) is 9.90 Å². The van der Waals surface area contributed by atoms with Crippen LogP contribution in [0.4, 0.5) is 0 Å². The molecule has 0 radical (unpaired) electrons. The molecule has 3 nitrogen and oxygen atoms in total. The van der Waals surface area contributed by atoms with Gasteiger partial charge in [0.2, 0.25) is 0 Å². The third-order valence-corrected chi connectivity index (χ3v) is 4.48. The van der Waals surface area contributed by atoms with Crippen LogP contribution in [0, 0.1) is 0 Å². The number of unbranched alkanes of at least 4 members (excludes halogenated alkanes) is 5. The number of methoxy groups -OCH3 is 1. The highest BCUT2D eigenvalue weighted by molar-refractivity contribution is 5.90. The Bertz CT molecular complexity index is 480. The average Bonchev–Trinajstić information content (AvgIpc) is 2.55. The van der Waals surface area contributed by atoms with Gasteiger partial charge in [-0.15, -0.1) is 0 Å². The van der Waals surface area contributed by atoms with Gasteiger partial charge in [0.1, 0.15) is 0 Å². The van der Waals surface area contributed by atoms with Crippen LogP contribution in [0.25, 0.3) is 0 Å². The number of aromatic carboxylic acids is 1. The lowest BCUT2D eigenvalue weighted by atomic mass is 9.89. The fourth-order valence-electron chi connectivity index (χ4n) is 3.16. The van der Waals surface area contributed by atoms with Gasteiger partial charge in [0, 0.05) is 7.11 Å². The zero-order chi connectivity index (χ0) is 17.1. The molecule has 0 amide bonds. The second kappa shape index (κ2) is 11.2. The minimum Gasteiger partial charge on any atom is -0.478 e. The molecule has 0 fully saturated rings. The Morgan fingerprint density at radius 3 is 2.30 bits per heavy atom. The standard InChI is InChI=1S/C20H32O3/c1-4-6-7-8-9-10-11-17-16(5-2)12-13-19(20(21)22)18(17)14-15-23-3/h12-13H,4-11,14-15H2,1-3H3,(H,21,22). The Balaban J connectivity index is 2.87. The van der Waals surface area contributed by atoms with Crippen molar-refractivity contribution in [1.29, 1.82) is 0 Å². The highest BCUT2D eigenvalue weighted by Gasteiger charge is 2.16. The molecule has 3 heteroatoms. The van der Waals surface area contributed by atoms with Gasteiger partial charge in [-0.2, -0.15) is 0 Å². The van der Waals surface area contributed by atoms with Crippen LogP contribution in [-0.2, 0) is 24.0 Å². The second-order valence-electron chi connectivity index (χ2n) is 6.15. The normalized spacial score (nSPS) is 10.9. The lowest BCUT2D eigenvalue weighted by Crippen LogP contribution is -2.11. The summed E-state index contributed by atoms with van der Waals surface area (Å²) in [6.45, 7) is 4.94. The SMILES string of the molecule is CCCCCCCCc1c(CC)ccc(C(=O)O)c1CCOC. The summed E-state index contributed by atoms with van der Waals surface area (Å²) in [4.78, 5) is 11.5. The van der Waals surface area contributed by atoms with Gasteiger partial charge in [0.15, 0.2) is 0 Å². The first kappa shape index (κ1) is 19.7. The van der Waals surface area contributed by atoms with Crippen LogP contribution in [-0.4, -0.2) is 24.8 Å². The van der Waals surface area contributed by atoms with E-state index < -0.39 is 5.97 Å². The number of aryl methyl sites for hydroxylation is 1. The Hall–Kier alpha value is -1.35. The lowest BCUT2D eigenvalue weighted by Gasteiger charge is -2.17. The van der Waals surface area contributed by atoms with Crippen LogP contribution >= 0.6 is 0 Å². The number of carbonyl (C=O) groups is 1. The molecule has 0 spiro atoms. The van der Waals surface area contributed by atoms with E-state index >= 15 is 0 Å². The molecule has 130 valence electrons. The molecular formula is C20H32O3. The van der Waals surface area contributed by atoms with E-state index in [0.29, 0.717) is 18.6 Å². The van der Waals surface area contributed by atoms with Gasteiger partial charge in [0.25, 0.3) is 0 Å². The number of carboxylic acid groups (broad SMARTS) is 1. The Morgan fingerprint density at radius 1 is 1.00 bits per heavy atom. The van der Waals surface area contributed by atoms with Crippen molar-refractivity contribution in [3.05, 3.63) is 34.4 Å². The number of ether oxygens (including phenoxy) is 1. The highest BCUT2D eigenvalue weighted by Crippen LogP contribution is 2.24. The molecule has 1 rings (SSSR count). The Labute approximate surface area is 141 Å². The van der Waals surface area contributed by atoms with Gasteiger partial charge in [0.05, 0.1) is 12.2 Å². The van der Waals surface area contributed by atoms with Crippen molar-refractivity contribution in [2.45, 2.75) is 71.6 Å². The average molecular weight is 320 g/mol. The predicted octanol–water partition coefficient (Wildman–Crippen LogP) is 5.04. The van der Waals surface area contributed by atoms with Crippen molar-refractivity contribution in [3.8, 4) is 0 Å². The first-order valence-corrected chi connectivity index (χ1v) is 9.01. The molecule has 0 saturated heterocycles. The second-order valence-corrected chi connectivity index (χ2v) is 6.15. The number of hydrogen-bond donors (Lipinski definition) is 1. The summed E-state index contributed by atoms with van der Waals surface area (Å²) in [5, 5.41) is 9.48. The quantitative estimate of drug-likeness (QED) is 0.549. The molecule has 0 atom stereocenters. The van der Waals surface area contributed by atoms with Crippen molar-refractivity contribution in [2.75, 3.05) is 13.7 Å². The first-order chi connectivity index (χ1) is 11.2. The minimum atomic E-state index is -0.831. The van der Waals surface area contributed by atoms with Crippen LogP contribution in [0.5, 0.6) is 0 Å². The summed E-state index contributed by atoms with van der Waals surface area (Å²) in [5.41, 5.74) is 3.96. The molecular weight excluding hydrogens is 288 g/mol. The molecule has 0 aromatic heterocycles. The van der Waals surface area contributed by atoms with E-state index in [1.807, 2.05) is 6.07 Å². The maximum Gasteiger partial charge on any atom is 0.335 e. The van der Waals surface area contributed by atoms with Crippen LogP contribution < -0.4 is 0 Å². The molecule has 23 heavy (non-hydrogen) atoms. The fourth-order valence-corrected chi connectivity index (χ4v) is 3.16. The maximum atomic E-state index is 11.5. The van der Waals surface area contributed by atoms with E-state index in [-0.39, 0.29) is 0 Å². The fraction of sp³-hybridized carbons (Fsp3) is 0.650. The van der Waals surface area contributed by atoms with Gasteiger partial charge in [-0.25, -0.2) is 4.79 Å². The smallest absolute Gasteiger partial charge is 0.335 e. The Morgan fingerprint density at radius 2 is 1.70 bits per heavy atom. The van der Waals surface area contributed by atoms with E-state index in [0.717, 1.165) is 24.8 Å². The summed E-state index contributed by atoms with van der Waals surface area (Å²) in [5.74, 6) is -0.831. The van der Waals surface area contributed by atoms with Crippen LogP contribution in [0.1, 0.15) is 79.4 Å². The summed E-state index contributed by atoms with van der Waals surface area (Å²) < 4.78 is 5.19. The van der Waals surface area contributed by atoms with Crippen molar-refractivity contribution < 1.29 is 14.6 Å². The van der Waals surface area contributed by atoms with Crippen molar-refractivity contribution >= 4 is 5.97 Å². The highest BCUT2D eigenvalue weighted by atomic mass is 16.5. The van der Waals surface area contributed by atoms with E-state index in [2.05, 4.69) is 13.8 Å². The van der Waals surface area contributed by atoms with Gasteiger partial charge >= 0.3 is 5.97 Å². The monoisotopic (exact) mass is 320 g/mol. The zero-order valence-corrected chi connectivity index (χ0v) is 15.0. The molecule has 1 aromatic carbocycles. The van der Waals surface area contributed by atoms with Crippen molar-refractivity contribution in [2.24, 2.45) is 0 Å². The minimum absolute atomic E-state index is 0.445. The Kier molecular flexibility index (Phi) is 9.61. The predicted molar refractivity (Wildman–Crippen MR) is 95.4 cm³/mol. The van der Waals surface area contributed by atoms with Gasteiger partial charge in [-0.05, 0) is 48.4 Å². The van der Waals surface area contributed by atoms with E-state index in [4.69, 9.17) is 4.74 Å². The number of benzene rings is 1. The largest absolute Gasteiger partial charge is 0.478 e. The molecule has 0 heterocycles. The summed E-state index contributed by atoms with van der Waals surface area (Å²) in [6.07, 6.45) is 10.1. The van der Waals surface area contributed by atoms with Crippen molar-refractivity contribution in [1.82, 2.24) is 0 Å².